The normalized spacial score (nSPS) is 10.9. The highest BCUT2D eigenvalue weighted by Crippen LogP contribution is 2.21. The summed E-state index contributed by atoms with van der Waals surface area (Å²) >= 11 is 5.22. The fourth-order valence-electron chi connectivity index (χ4n) is 2.45. The van der Waals surface area contributed by atoms with Crippen molar-refractivity contribution >= 4 is 23.0 Å². The van der Waals surface area contributed by atoms with Gasteiger partial charge in [-0.3, -0.25) is 0 Å². The molecule has 0 aliphatic rings. The van der Waals surface area contributed by atoms with E-state index in [0.29, 0.717) is 4.99 Å². The van der Waals surface area contributed by atoms with Gasteiger partial charge in [0, 0.05) is 6.54 Å². The second kappa shape index (κ2) is 8.93. The number of nitrogens with one attached hydrogen (secondary N) is 1. The van der Waals surface area contributed by atoms with Gasteiger partial charge in [0.1, 0.15) is 4.99 Å². The Hall–Kier alpha value is -1.23. The van der Waals surface area contributed by atoms with Gasteiger partial charge in [-0.15, -0.1) is 5.10 Å². The first kappa shape index (κ1) is 17.8. The number of aryl methyl sites for hydroxylation is 1. The Labute approximate surface area is 133 Å². The Morgan fingerprint density at radius 2 is 1.90 bits per heavy atom. The van der Waals surface area contributed by atoms with Gasteiger partial charge in [-0.05, 0) is 30.7 Å². The molecule has 4 nitrogen and oxygen atoms in total. The number of anilines is 1. The molecule has 0 aromatic carbocycles. The number of nitrogens with two attached hydrogens (primary N) is 1. The van der Waals surface area contributed by atoms with E-state index in [1.54, 1.807) is 0 Å². The van der Waals surface area contributed by atoms with Crippen molar-refractivity contribution in [3.8, 4) is 0 Å². The number of thiocarbonyl (C=S) groups is 1. The van der Waals surface area contributed by atoms with Crippen LogP contribution in [0.5, 0.6) is 0 Å². The molecule has 0 atom stereocenters. The van der Waals surface area contributed by atoms with Crippen LogP contribution >= 0.6 is 12.2 Å². The summed E-state index contributed by atoms with van der Waals surface area (Å²) in [7, 11) is 0. The third-order valence-corrected chi connectivity index (χ3v) is 3.80. The average molecular weight is 308 g/mol. The van der Waals surface area contributed by atoms with Crippen LogP contribution in [0, 0.1) is 5.92 Å². The Morgan fingerprint density at radius 3 is 2.43 bits per heavy atom. The van der Waals surface area contributed by atoms with Crippen molar-refractivity contribution in [3.05, 3.63) is 16.8 Å². The van der Waals surface area contributed by atoms with Crippen LogP contribution in [0.2, 0.25) is 0 Å². The molecule has 0 spiro atoms. The lowest BCUT2D eigenvalue weighted by atomic mass is 10.0. The van der Waals surface area contributed by atoms with E-state index in [1.165, 1.54) is 12.8 Å². The Morgan fingerprint density at radius 1 is 1.19 bits per heavy atom. The smallest absolute Gasteiger partial charge is 0.159 e. The number of hydrogen-bond donors (Lipinski definition) is 2. The van der Waals surface area contributed by atoms with Crippen LogP contribution in [0.25, 0.3) is 0 Å². The van der Waals surface area contributed by atoms with Gasteiger partial charge < -0.3 is 11.1 Å². The van der Waals surface area contributed by atoms with Crippen molar-refractivity contribution in [2.45, 2.75) is 59.8 Å². The van der Waals surface area contributed by atoms with E-state index in [9.17, 15) is 0 Å². The fraction of sp³-hybridized carbons (Fsp3) is 0.688. The first-order valence-corrected chi connectivity index (χ1v) is 8.34. The molecule has 1 aromatic rings. The summed E-state index contributed by atoms with van der Waals surface area (Å²) in [5, 5.41) is 11.9. The molecule has 0 unspecified atom stereocenters. The van der Waals surface area contributed by atoms with Crippen molar-refractivity contribution in [1.82, 2.24) is 10.2 Å². The van der Waals surface area contributed by atoms with Gasteiger partial charge in [0.25, 0.3) is 0 Å². The Bertz CT molecular complexity index is 472. The van der Waals surface area contributed by atoms with E-state index in [4.69, 9.17) is 18.0 Å². The van der Waals surface area contributed by atoms with E-state index in [0.717, 1.165) is 54.4 Å². The molecule has 0 saturated heterocycles. The minimum atomic E-state index is 0.404. The van der Waals surface area contributed by atoms with E-state index < -0.39 is 0 Å². The van der Waals surface area contributed by atoms with Gasteiger partial charge in [-0.25, -0.2) is 0 Å². The van der Waals surface area contributed by atoms with Gasteiger partial charge >= 0.3 is 0 Å². The summed E-state index contributed by atoms with van der Waals surface area (Å²) < 4.78 is 0. The van der Waals surface area contributed by atoms with Crippen LogP contribution in [-0.2, 0) is 12.8 Å². The Kier molecular flexibility index (Phi) is 7.57. The number of unbranched alkanes of at least 4 members (excludes halogenated alkanes) is 1. The van der Waals surface area contributed by atoms with Gasteiger partial charge in [0.05, 0.1) is 11.3 Å². The third kappa shape index (κ3) is 5.23. The summed E-state index contributed by atoms with van der Waals surface area (Å²) in [5.41, 5.74) is 8.91. The number of nitrogens with zero attached hydrogens (tertiary/aromatic N) is 2. The molecule has 118 valence electrons. The number of rotatable bonds is 9. The quantitative estimate of drug-likeness (QED) is 0.540. The standard InChI is InChI=1S/C16H28N4S/c1-5-12-13(6-2)19-20-16(14(12)15(17)21)18-10-8-7-9-11(3)4/h11H,5-10H2,1-4H3,(H2,17,21)(H,18,20). The molecule has 0 amide bonds. The largest absolute Gasteiger partial charge is 0.389 e. The second-order valence-corrected chi connectivity index (χ2v) is 6.18. The summed E-state index contributed by atoms with van der Waals surface area (Å²) in [6, 6.07) is 0. The maximum absolute atomic E-state index is 5.91. The van der Waals surface area contributed by atoms with Crippen molar-refractivity contribution in [3.63, 3.8) is 0 Å². The lowest BCUT2D eigenvalue weighted by Crippen LogP contribution is -2.20. The Balaban J connectivity index is 2.80. The van der Waals surface area contributed by atoms with Crippen molar-refractivity contribution in [2.24, 2.45) is 11.7 Å². The number of aromatic nitrogens is 2. The monoisotopic (exact) mass is 308 g/mol. The molecule has 1 rings (SSSR count). The molecule has 3 N–H and O–H groups in total. The zero-order valence-electron chi connectivity index (χ0n) is 13.7. The van der Waals surface area contributed by atoms with Crippen molar-refractivity contribution in [2.75, 3.05) is 11.9 Å². The fourth-order valence-corrected chi connectivity index (χ4v) is 2.67. The second-order valence-electron chi connectivity index (χ2n) is 5.74. The molecule has 0 aliphatic carbocycles. The summed E-state index contributed by atoms with van der Waals surface area (Å²) in [5.74, 6) is 1.49. The maximum atomic E-state index is 5.91. The first-order valence-electron chi connectivity index (χ1n) is 7.93. The third-order valence-electron chi connectivity index (χ3n) is 3.59. The summed E-state index contributed by atoms with van der Waals surface area (Å²) in [6.07, 6.45) is 5.31. The number of hydrogen-bond acceptors (Lipinski definition) is 4. The molecule has 1 aromatic heterocycles. The molecule has 0 aliphatic heterocycles. The zero-order valence-corrected chi connectivity index (χ0v) is 14.5. The molecular formula is C16H28N4S. The first-order chi connectivity index (χ1) is 10.0. The molecule has 0 radical (unpaired) electrons. The molecule has 21 heavy (non-hydrogen) atoms. The van der Waals surface area contributed by atoms with Gasteiger partial charge in [0.2, 0.25) is 0 Å². The molecule has 5 heteroatoms. The highest BCUT2D eigenvalue weighted by atomic mass is 32.1. The maximum Gasteiger partial charge on any atom is 0.159 e. The predicted molar refractivity (Wildman–Crippen MR) is 93.9 cm³/mol. The minimum absolute atomic E-state index is 0.404. The minimum Gasteiger partial charge on any atom is -0.389 e. The SMILES string of the molecule is CCc1nnc(NCCCCC(C)C)c(C(N)=S)c1CC. The predicted octanol–water partition coefficient (Wildman–Crippen LogP) is 3.47. The van der Waals surface area contributed by atoms with Crippen LogP contribution in [0.1, 0.15) is 63.8 Å². The van der Waals surface area contributed by atoms with E-state index in [2.05, 4.69) is 43.2 Å². The van der Waals surface area contributed by atoms with Gasteiger partial charge in [-0.2, -0.15) is 5.10 Å². The van der Waals surface area contributed by atoms with Crippen LogP contribution in [-0.4, -0.2) is 21.7 Å². The van der Waals surface area contributed by atoms with E-state index in [-0.39, 0.29) is 0 Å². The molecule has 0 fully saturated rings. The highest BCUT2D eigenvalue weighted by molar-refractivity contribution is 7.80. The molecular weight excluding hydrogens is 280 g/mol. The van der Waals surface area contributed by atoms with Crippen LogP contribution in [0.4, 0.5) is 5.82 Å². The van der Waals surface area contributed by atoms with E-state index >= 15 is 0 Å². The van der Waals surface area contributed by atoms with Gasteiger partial charge in [0.15, 0.2) is 5.82 Å². The van der Waals surface area contributed by atoms with E-state index in [1.807, 2.05) is 0 Å². The van der Waals surface area contributed by atoms with Gasteiger partial charge in [-0.1, -0.05) is 52.8 Å². The lowest BCUT2D eigenvalue weighted by Gasteiger charge is -2.15. The molecule has 0 saturated carbocycles. The highest BCUT2D eigenvalue weighted by Gasteiger charge is 2.16. The summed E-state index contributed by atoms with van der Waals surface area (Å²) in [6.45, 7) is 9.56. The van der Waals surface area contributed by atoms with Crippen molar-refractivity contribution in [1.29, 1.82) is 0 Å². The van der Waals surface area contributed by atoms with Crippen molar-refractivity contribution < 1.29 is 0 Å². The topological polar surface area (TPSA) is 63.8 Å². The van der Waals surface area contributed by atoms with Crippen LogP contribution < -0.4 is 11.1 Å². The molecule has 0 bridgehead atoms. The summed E-state index contributed by atoms with van der Waals surface area (Å²) in [4.78, 5) is 0.404. The van der Waals surface area contributed by atoms with Crippen LogP contribution in [0.3, 0.4) is 0 Å². The zero-order chi connectivity index (χ0) is 15.8. The molecule has 1 heterocycles. The lowest BCUT2D eigenvalue weighted by molar-refractivity contribution is 0.544. The average Bonchev–Trinajstić information content (AvgIpc) is 2.45. The van der Waals surface area contributed by atoms with Crippen LogP contribution in [0.15, 0.2) is 0 Å².